The molecule has 78 valence electrons. The van der Waals surface area contributed by atoms with Gasteiger partial charge in [0.1, 0.15) is 0 Å². The maximum Gasteiger partial charge on any atom is 0.486 e. The maximum absolute atomic E-state index is 5.36. The van der Waals surface area contributed by atoms with Crippen LogP contribution in [0.5, 0.6) is 0 Å². The summed E-state index contributed by atoms with van der Waals surface area (Å²) >= 11 is 0. The van der Waals surface area contributed by atoms with Crippen LogP contribution in [0.25, 0.3) is 0 Å². The van der Waals surface area contributed by atoms with Crippen LogP contribution < -0.4 is 0 Å². The summed E-state index contributed by atoms with van der Waals surface area (Å²) in [7, 11) is -0.125. The quantitative estimate of drug-likeness (QED) is 0.380. The summed E-state index contributed by atoms with van der Waals surface area (Å²) in [5.74, 6) is 1.96. The fourth-order valence-corrected chi connectivity index (χ4v) is 1.27. The minimum atomic E-state index is -0.125. The first-order valence-corrected chi connectivity index (χ1v) is 5.50. The summed E-state index contributed by atoms with van der Waals surface area (Å²) in [6.45, 7) is 3.83. The molecule has 0 aromatic rings. The molecule has 0 aromatic carbocycles. The third kappa shape index (κ3) is 5.25. The third-order valence-electron chi connectivity index (χ3n) is 2.09. The number of rotatable bonds is 5. The fourth-order valence-electron chi connectivity index (χ4n) is 1.27. The van der Waals surface area contributed by atoms with Crippen LogP contribution in [0.4, 0.5) is 0 Å². The first kappa shape index (κ1) is 11.5. The Morgan fingerprint density at radius 1 is 1.21 bits per heavy atom. The van der Waals surface area contributed by atoms with E-state index >= 15 is 0 Å². The smallest absolute Gasteiger partial charge is 0.408 e. The van der Waals surface area contributed by atoms with E-state index in [2.05, 4.69) is 19.1 Å². The maximum atomic E-state index is 5.36. The van der Waals surface area contributed by atoms with E-state index in [1.165, 1.54) is 12.8 Å². The second kappa shape index (κ2) is 7.83. The Morgan fingerprint density at radius 3 is 2.71 bits per heavy atom. The summed E-state index contributed by atoms with van der Waals surface area (Å²) in [5.41, 5.74) is 0. The predicted octanol–water partition coefficient (Wildman–Crippen LogP) is 2.75. The van der Waals surface area contributed by atoms with Gasteiger partial charge < -0.3 is 9.31 Å². The van der Waals surface area contributed by atoms with Crippen molar-refractivity contribution >= 4 is 7.12 Å². The van der Waals surface area contributed by atoms with Gasteiger partial charge in [-0.3, -0.25) is 0 Å². The van der Waals surface area contributed by atoms with E-state index in [1.54, 1.807) is 0 Å². The van der Waals surface area contributed by atoms with Gasteiger partial charge in [-0.15, -0.1) is 0 Å². The molecular formula is C11H19BO2. The van der Waals surface area contributed by atoms with Gasteiger partial charge in [0.2, 0.25) is 0 Å². The van der Waals surface area contributed by atoms with Crippen molar-refractivity contribution in [3.05, 3.63) is 24.2 Å². The monoisotopic (exact) mass is 194 g/mol. The Bertz CT molecular complexity index is 184. The number of hydrogen-bond acceptors (Lipinski definition) is 2. The number of hydrogen-bond donors (Lipinski definition) is 0. The minimum absolute atomic E-state index is 0.125. The van der Waals surface area contributed by atoms with Crippen molar-refractivity contribution in [3.63, 3.8) is 0 Å². The summed E-state index contributed by atoms with van der Waals surface area (Å²) in [6, 6.07) is 0. The molecule has 0 radical (unpaired) electrons. The average Bonchev–Trinajstić information content (AvgIpc) is 2.25. The second-order valence-corrected chi connectivity index (χ2v) is 3.42. The zero-order chi connectivity index (χ0) is 10.1. The molecule has 0 bridgehead atoms. The Balaban J connectivity index is 2.09. The van der Waals surface area contributed by atoms with E-state index < -0.39 is 0 Å². The van der Waals surface area contributed by atoms with Crippen LogP contribution in [0.1, 0.15) is 32.6 Å². The van der Waals surface area contributed by atoms with Crippen molar-refractivity contribution < 1.29 is 9.31 Å². The topological polar surface area (TPSA) is 18.5 Å². The molecule has 0 unspecified atom stereocenters. The summed E-state index contributed by atoms with van der Waals surface area (Å²) in [5, 5.41) is 0. The molecule has 3 heteroatoms. The number of unbranched alkanes of at least 4 members (excludes halogenated alkanes) is 2. The molecule has 1 aliphatic heterocycles. The summed E-state index contributed by atoms with van der Waals surface area (Å²) < 4.78 is 10.7. The zero-order valence-electron chi connectivity index (χ0n) is 8.95. The van der Waals surface area contributed by atoms with Crippen LogP contribution in [0.3, 0.4) is 0 Å². The largest absolute Gasteiger partial charge is 0.486 e. The highest BCUT2D eigenvalue weighted by molar-refractivity contribution is 6.50. The van der Waals surface area contributed by atoms with Crippen molar-refractivity contribution in [1.29, 1.82) is 0 Å². The highest BCUT2D eigenvalue weighted by Crippen LogP contribution is 2.02. The van der Waals surface area contributed by atoms with Gasteiger partial charge in [0.25, 0.3) is 0 Å². The van der Waals surface area contributed by atoms with Gasteiger partial charge in [-0.25, -0.2) is 0 Å². The van der Waals surface area contributed by atoms with E-state index in [4.69, 9.17) is 9.31 Å². The lowest BCUT2D eigenvalue weighted by Crippen LogP contribution is -2.27. The fraction of sp³-hybridized carbons (Fsp3) is 0.636. The van der Waals surface area contributed by atoms with Gasteiger partial charge >= 0.3 is 7.12 Å². The molecule has 1 fully saturated rings. The third-order valence-corrected chi connectivity index (χ3v) is 2.09. The SMILES string of the molecule is CCCC/C=C/C=C/B1OCCCO1. The lowest BCUT2D eigenvalue weighted by molar-refractivity contribution is 0.142. The standard InChI is InChI=1S/C11H19BO2/c1-2-3-4-5-6-7-9-12-13-10-8-11-14-12/h5-7,9H,2-4,8,10-11H2,1H3/b6-5+,9-7+. The Labute approximate surface area is 87.1 Å². The molecular weight excluding hydrogens is 175 g/mol. The molecule has 0 aliphatic carbocycles. The first-order valence-electron chi connectivity index (χ1n) is 5.50. The molecule has 2 nitrogen and oxygen atoms in total. The van der Waals surface area contributed by atoms with E-state index in [0.29, 0.717) is 0 Å². The van der Waals surface area contributed by atoms with Crippen molar-refractivity contribution in [2.75, 3.05) is 13.2 Å². The molecule has 1 saturated heterocycles. The van der Waals surface area contributed by atoms with Gasteiger partial charge in [0.05, 0.1) is 0 Å². The molecule has 0 atom stereocenters. The van der Waals surface area contributed by atoms with Gasteiger partial charge in [-0.2, -0.15) is 0 Å². The molecule has 0 amide bonds. The molecule has 0 spiro atoms. The van der Waals surface area contributed by atoms with Gasteiger partial charge in [-0.1, -0.05) is 44.0 Å². The van der Waals surface area contributed by atoms with Crippen molar-refractivity contribution in [2.24, 2.45) is 0 Å². The van der Waals surface area contributed by atoms with E-state index in [1.807, 2.05) is 12.1 Å². The van der Waals surface area contributed by atoms with Crippen LogP contribution in [-0.4, -0.2) is 20.3 Å². The van der Waals surface area contributed by atoms with Gasteiger partial charge in [0.15, 0.2) is 0 Å². The molecule has 1 aliphatic rings. The van der Waals surface area contributed by atoms with E-state index in [-0.39, 0.29) is 7.12 Å². The molecule has 0 saturated carbocycles. The summed E-state index contributed by atoms with van der Waals surface area (Å²) in [4.78, 5) is 0. The van der Waals surface area contributed by atoms with Crippen LogP contribution in [0.2, 0.25) is 0 Å². The van der Waals surface area contributed by atoms with Gasteiger partial charge in [-0.05, 0) is 12.8 Å². The molecule has 0 aromatic heterocycles. The van der Waals surface area contributed by atoms with E-state index in [9.17, 15) is 0 Å². The first-order chi connectivity index (χ1) is 6.93. The average molecular weight is 194 g/mol. The highest BCUT2D eigenvalue weighted by Gasteiger charge is 2.16. The Hall–Kier alpha value is -0.535. The molecule has 14 heavy (non-hydrogen) atoms. The summed E-state index contributed by atoms with van der Waals surface area (Å²) in [6.07, 6.45) is 10.9. The second-order valence-electron chi connectivity index (χ2n) is 3.42. The van der Waals surface area contributed by atoms with Crippen LogP contribution in [0, 0.1) is 0 Å². The predicted molar refractivity (Wildman–Crippen MR) is 60.1 cm³/mol. The van der Waals surface area contributed by atoms with Gasteiger partial charge in [0, 0.05) is 13.2 Å². The normalized spacial score (nSPS) is 18.5. The number of allylic oxidation sites excluding steroid dienone is 3. The van der Waals surface area contributed by atoms with Crippen LogP contribution in [0.15, 0.2) is 24.2 Å². The van der Waals surface area contributed by atoms with Crippen LogP contribution >= 0.6 is 0 Å². The lowest BCUT2D eigenvalue weighted by Gasteiger charge is -2.16. The Kier molecular flexibility index (Phi) is 6.45. The van der Waals surface area contributed by atoms with Crippen molar-refractivity contribution in [2.45, 2.75) is 32.6 Å². The molecule has 0 N–H and O–H groups in total. The van der Waals surface area contributed by atoms with Crippen molar-refractivity contribution in [1.82, 2.24) is 0 Å². The van der Waals surface area contributed by atoms with E-state index in [0.717, 1.165) is 26.1 Å². The van der Waals surface area contributed by atoms with Crippen LogP contribution in [-0.2, 0) is 9.31 Å². The molecule has 1 heterocycles. The highest BCUT2D eigenvalue weighted by atomic mass is 16.6. The molecule has 1 rings (SSSR count). The Morgan fingerprint density at radius 2 is 2.00 bits per heavy atom. The zero-order valence-corrected chi connectivity index (χ0v) is 8.95. The minimum Gasteiger partial charge on any atom is -0.408 e. The lowest BCUT2D eigenvalue weighted by atomic mass is 9.88. The van der Waals surface area contributed by atoms with Crippen molar-refractivity contribution in [3.8, 4) is 0 Å².